The number of carbonyl (C=O) groups excluding carboxylic acids is 1. The summed E-state index contributed by atoms with van der Waals surface area (Å²) in [7, 11) is 1.79. The second kappa shape index (κ2) is 8.28. The molecule has 4 rings (SSSR count). The molecule has 0 aliphatic heterocycles. The van der Waals surface area contributed by atoms with E-state index in [0.717, 1.165) is 16.9 Å². The van der Waals surface area contributed by atoms with Gasteiger partial charge in [0, 0.05) is 25.2 Å². The summed E-state index contributed by atoms with van der Waals surface area (Å²) >= 11 is 1.16. The van der Waals surface area contributed by atoms with Crippen LogP contribution >= 0.6 is 11.3 Å². The maximum absolute atomic E-state index is 12.4. The molecule has 0 saturated carbocycles. The number of carbonyl (C=O) groups is 1. The standard InChI is InChI=1S/C20H18F3N5O3S/c1-10(29)9-24-17(30)11-3-6-15-14(7-11)25-18(28(15)2)27-19-26-13-5-4-12(8-16(13)32-19)31-20(21,22)23/h3-8,10,29H,9H2,1-2H3,(H,24,30)(H,25,26,27)/t10-/m1/s1. The van der Waals surface area contributed by atoms with E-state index >= 15 is 0 Å². The van der Waals surface area contributed by atoms with Crippen LogP contribution in [0.25, 0.3) is 21.3 Å². The van der Waals surface area contributed by atoms with Gasteiger partial charge in [-0.3, -0.25) is 4.79 Å². The Labute approximate surface area is 183 Å². The van der Waals surface area contributed by atoms with Gasteiger partial charge in [0.15, 0.2) is 5.13 Å². The molecule has 0 bridgehead atoms. The van der Waals surface area contributed by atoms with Crippen molar-refractivity contribution in [2.24, 2.45) is 7.05 Å². The van der Waals surface area contributed by atoms with Crippen molar-refractivity contribution in [1.82, 2.24) is 19.9 Å². The van der Waals surface area contributed by atoms with Gasteiger partial charge in [-0.05, 0) is 37.3 Å². The number of aromatic nitrogens is 3. The van der Waals surface area contributed by atoms with E-state index in [9.17, 15) is 23.1 Å². The molecule has 168 valence electrons. The van der Waals surface area contributed by atoms with Gasteiger partial charge in [0.1, 0.15) is 5.75 Å². The number of thiazole rings is 1. The number of hydrogen-bond donors (Lipinski definition) is 3. The van der Waals surface area contributed by atoms with Crippen molar-refractivity contribution < 1.29 is 27.8 Å². The van der Waals surface area contributed by atoms with Gasteiger partial charge in [0.25, 0.3) is 5.91 Å². The van der Waals surface area contributed by atoms with Crippen molar-refractivity contribution in [3.05, 3.63) is 42.0 Å². The Hall–Kier alpha value is -3.38. The number of nitrogens with one attached hydrogen (secondary N) is 2. The molecule has 8 nitrogen and oxygen atoms in total. The molecule has 4 aromatic rings. The first-order valence-electron chi connectivity index (χ1n) is 9.45. The molecular weight excluding hydrogens is 447 g/mol. The molecule has 0 radical (unpaired) electrons. The highest BCUT2D eigenvalue weighted by Gasteiger charge is 2.31. The summed E-state index contributed by atoms with van der Waals surface area (Å²) in [6.45, 7) is 1.71. The maximum atomic E-state index is 12.4. The van der Waals surface area contributed by atoms with Gasteiger partial charge in [-0.15, -0.1) is 13.2 Å². The van der Waals surface area contributed by atoms with E-state index in [1.165, 1.54) is 18.2 Å². The van der Waals surface area contributed by atoms with E-state index in [1.807, 2.05) is 0 Å². The zero-order chi connectivity index (χ0) is 23.0. The zero-order valence-electron chi connectivity index (χ0n) is 16.9. The molecule has 0 spiro atoms. The van der Waals surface area contributed by atoms with Crippen LogP contribution in [0.5, 0.6) is 5.75 Å². The first kappa shape index (κ1) is 21.8. The molecule has 2 aromatic carbocycles. The van der Waals surface area contributed by atoms with Crippen molar-refractivity contribution in [1.29, 1.82) is 0 Å². The van der Waals surface area contributed by atoms with Crippen molar-refractivity contribution in [2.75, 3.05) is 11.9 Å². The Bertz CT molecular complexity index is 1300. The van der Waals surface area contributed by atoms with Gasteiger partial charge >= 0.3 is 6.36 Å². The lowest BCUT2D eigenvalue weighted by Gasteiger charge is -2.07. The number of ether oxygens (including phenoxy) is 1. The van der Waals surface area contributed by atoms with Crippen LogP contribution in [0.3, 0.4) is 0 Å². The topological polar surface area (TPSA) is 101 Å². The third-order valence-electron chi connectivity index (χ3n) is 4.51. The number of amides is 1. The minimum absolute atomic E-state index is 0.138. The van der Waals surface area contributed by atoms with E-state index < -0.39 is 12.5 Å². The number of benzene rings is 2. The maximum Gasteiger partial charge on any atom is 0.573 e. The van der Waals surface area contributed by atoms with Crippen LogP contribution in [0.1, 0.15) is 17.3 Å². The molecule has 0 aliphatic carbocycles. The second-order valence-corrected chi connectivity index (χ2v) is 8.11. The fourth-order valence-electron chi connectivity index (χ4n) is 3.05. The van der Waals surface area contributed by atoms with E-state index in [-0.39, 0.29) is 18.2 Å². The summed E-state index contributed by atoms with van der Waals surface area (Å²) in [5, 5.41) is 15.5. The second-order valence-electron chi connectivity index (χ2n) is 7.08. The van der Waals surface area contributed by atoms with Crippen molar-refractivity contribution in [2.45, 2.75) is 19.4 Å². The van der Waals surface area contributed by atoms with Crippen LogP contribution in [0.2, 0.25) is 0 Å². The van der Waals surface area contributed by atoms with E-state index in [0.29, 0.717) is 32.4 Å². The lowest BCUT2D eigenvalue weighted by molar-refractivity contribution is -0.274. The quantitative estimate of drug-likeness (QED) is 0.399. The normalized spacial score (nSPS) is 12.8. The number of imidazole rings is 1. The number of aryl methyl sites for hydroxylation is 1. The molecule has 2 aromatic heterocycles. The third-order valence-corrected chi connectivity index (χ3v) is 5.45. The van der Waals surface area contributed by atoms with Gasteiger partial charge in [0.2, 0.25) is 5.95 Å². The first-order chi connectivity index (χ1) is 15.1. The highest BCUT2D eigenvalue weighted by Crippen LogP contribution is 2.33. The number of anilines is 2. The summed E-state index contributed by atoms with van der Waals surface area (Å²) in [6, 6.07) is 8.98. The van der Waals surface area contributed by atoms with Gasteiger partial charge < -0.3 is 25.0 Å². The van der Waals surface area contributed by atoms with Crippen LogP contribution in [0.15, 0.2) is 36.4 Å². The van der Waals surface area contributed by atoms with Crippen LogP contribution in [0, 0.1) is 0 Å². The Kier molecular flexibility index (Phi) is 5.65. The number of halogens is 3. The molecule has 0 unspecified atom stereocenters. The largest absolute Gasteiger partial charge is 0.573 e. The van der Waals surface area contributed by atoms with Crippen molar-refractivity contribution >= 4 is 49.6 Å². The Morgan fingerprint density at radius 3 is 2.72 bits per heavy atom. The highest BCUT2D eigenvalue weighted by atomic mass is 32.1. The summed E-state index contributed by atoms with van der Waals surface area (Å²) in [6.07, 6.45) is -5.42. The minimum atomic E-state index is -4.77. The summed E-state index contributed by atoms with van der Waals surface area (Å²) in [4.78, 5) is 21.1. The summed E-state index contributed by atoms with van der Waals surface area (Å²) in [5.74, 6) is -0.187. The summed E-state index contributed by atoms with van der Waals surface area (Å²) in [5.41, 5.74) is 2.26. The molecule has 3 N–H and O–H groups in total. The molecular formula is C20H18F3N5O3S. The van der Waals surface area contributed by atoms with Crippen molar-refractivity contribution in [3.8, 4) is 5.75 Å². The lowest BCUT2D eigenvalue weighted by Crippen LogP contribution is -2.30. The highest BCUT2D eigenvalue weighted by molar-refractivity contribution is 7.22. The fourth-order valence-corrected chi connectivity index (χ4v) is 3.93. The number of nitrogens with zero attached hydrogens (tertiary/aromatic N) is 3. The van der Waals surface area contributed by atoms with Gasteiger partial charge in [-0.2, -0.15) is 0 Å². The molecule has 0 fully saturated rings. The average molecular weight is 465 g/mol. The van der Waals surface area contributed by atoms with E-state index in [1.54, 1.807) is 36.7 Å². The number of rotatable bonds is 6. The Morgan fingerprint density at radius 2 is 2.00 bits per heavy atom. The number of fused-ring (bicyclic) bond motifs is 2. The molecule has 32 heavy (non-hydrogen) atoms. The average Bonchev–Trinajstić information content (AvgIpc) is 3.24. The van der Waals surface area contributed by atoms with Gasteiger partial charge in [0.05, 0.1) is 27.4 Å². The minimum Gasteiger partial charge on any atom is -0.406 e. The predicted octanol–water partition coefficient (Wildman–Crippen LogP) is 3.94. The van der Waals surface area contributed by atoms with Crippen LogP contribution in [-0.4, -0.2) is 44.6 Å². The van der Waals surface area contributed by atoms with Gasteiger partial charge in [-0.25, -0.2) is 9.97 Å². The zero-order valence-corrected chi connectivity index (χ0v) is 17.7. The van der Waals surface area contributed by atoms with Crippen LogP contribution in [-0.2, 0) is 7.05 Å². The van der Waals surface area contributed by atoms with Crippen LogP contribution in [0.4, 0.5) is 24.3 Å². The predicted molar refractivity (Wildman–Crippen MR) is 114 cm³/mol. The fraction of sp³-hybridized carbons (Fsp3) is 0.250. The molecule has 2 heterocycles. The number of alkyl halides is 3. The third kappa shape index (κ3) is 4.75. The van der Waals surface area contributed by atoms with Crippen molar-refractivity contribution in [3.63, 3.8) is 0 Å². The summed E-state index contributed by atoms with van der Waals surface area (Å²) < 4.78 is 43.6. The monoisotopic (exact) mass is 465 g/mol. The van der Waals surface area contributed by atoms with Gasteiger partial charge in [-0.1, -0.05) is 11.3 Å². The molecule has 12 heteroatoms. The molecule has 0 saturated heterocycles. The lowest BCUT2D eigenvalue weighted by atomic mass is 10.2. The Balaban J connectivity index is 1.57. The number of hydrogen-bond acceptors (Lipinski definition) is 7. The molecule has 1 atom stereocenters. The smallest absolute Gasteiger partial charge is 0.406 e. The Morgan fingerprint density at radius 1 is 1.22 bits per heavy atom. The van der Waals surface area contributed by atoms with Crippen LogP contribution < -0.4 is 15.4 Å². The first-order valence-corrected chi connectivity index (χ1v) is 10.3. The van der Waals surface area contributed by atoms with E-state index in [4.69, 9.17) is 0 Å². The molecule has 1 amide bonds. The SMILES string of the molecule is C[C@@H](O)CNC(=O)c1ccc2c(c1)nc(Nc1nc3ccc(OC(F)(F)F)cc3s1)n2C. The molecule has 0 aliphatic rings. The number of aliphatic hydroxyl groups is 1. The number of aliphatic hydroxyl groups excluding tert-OH is 1. The van der Waals surface area contributed by atoms with E-state index in [2.05, 4.69) is 25.3 Å².